The Balaban J connectivity index is 2.35. The summed E-state index contributed by atoms with van der Waals surface area (Å²) < 4.78 is 65.0. The second kappa shape index (κ2) is 7.16. The van der Waals surface area contributed by atoms with Crippen LogP contribution >= 0.6 is 11.6 Å². The molecular weight excluding hydrogens is 393 g/mol. The maximum atomic E-state index is 12.7. The minimum atomic E-state index is -4.60. The fourth-order valence-corrected chi connectivity index (χ4v) is 3.44. The third kappa shape index (κ3) is 4.47. The lowest BCUT2D eigenvalue weighted by Gasteiger charge is -2.14. The van der Waals surface area contributed by atoms with Gasteiger partial charge in [-0.2, -0.15) is 13.2 Å². The third-order valence-corrected chi connectivity index (χ3v) is 5.01. The number of hydrogen-bond acceptors (Lipinski definition) is 3. The van der Waals surface area contributed by atoms with Crippen molar-refractivity contribution >= 4 is 33.2 Å². The van der Waals surface area contributed by atoms with E-state index in [1.54, 1.807) is 0 Å². The van der Waals surface area contributed by atoms with Gasteiger partial charge in [0, 0.05) is 19.7 Å². The van der Waals surface area contributed by atoms with E-state index in [0.29, 0.717) is 6.07 Å². The number of nitrogens with one attached hydrogen (secondary N) is 1. The number of sulfonamides is 1. The summed E-state index contributed by atoms with van der Waals surface area (Å²) in [4.78, 5) is 13.0. The summed E-state index contributed by atoms with van der Waals surface area (Å²) in [5.41, 5.74) is -1.05. The first-order valence-electron chi connectivity index (χ1n) is 7.13. The van der Waals surface area contributed by atoms with Crippen LogP contribution in [0.2, 0.25) is 5.02 Å². The zero-order valence-corrected chi connectivity index (χ0v) is 15.2. The van der Waals surface area contributed by atoms with Gasteiger partial charge in [-0.3, -0.25) is 9.52 Å². The van der Waals surface area contributed by atoms with Gasteiger partial charge >= 0.3 is 6.18 Å². The van der Waals surface area contributed by atoms with Crippen LogP contribution in [0.1, 0.15) is 15.9 Å². The summed E-state index contributed by atoms with van der Waals surface area (Å²) in [5, 5.41) is -0.399. The van der Waals surface area contributed by atoms with E-state index in [4.69, 9.17) is 11.6 Å². The van der Waals surface area contributed by atoms with Gasteiger partial charge in [0.1, 0.15) is 0 Å². The van der Waals surface area contributed by atoms with E-state index in [1.807, 2.05) is 0 Å². The first-order valence-corrected chi connectivity index (χ1v) is 8.99. The lowest BCUT2D eigenvalue weighted by molar-refractivity contribution is -0.137. The maximum Gasteiger partial charge on any atom is 0.416 e. The van der Waals surface area contributed by atoms with Gasteiger partial charge in [0.15, 0.2) is 0 Å². The lowest BCUT2D eigenvalue weighted by atomic mass is 10.2. The maximum absolute atomic E-state index is 12.7. The predicted molar refractivity (Wildman–Crippen MR) is 91.7 cm³/mol. The van der Waals surface area contributed by atoms with E-state index in [2.05, 4.69) is 4.72 Å². The molecule has 10 heteroatoms. The Morgan fingerprint density at radius 1 is 1.12 bits per heavy atom. The number of rotatable bonds is 4. The van der Waals surface area contributed by atoms with Gasteiger partial charge in [-0.1, -0.05) is 17.7 Å². The molecular formula is C16H14ClF3N2O3S. The van der Waals surface area contributed by atoms with Crippen LogP contribution in [0.15, 0.2) is 47.4 Å². The zero-order valence-electron chi connectivity index (χ0n) is 13.6. The van der Waals surface area contributed by atoms with E-state index in [0.717, 1.165) is 12.1 Å². The molecule has 140 valence electrons. The van der Waals surface area contributed by atoms with Crippen molar-refractivity contribution in [1.29, 1.82) is 0 Å². The Labute approximate surface area is 153 Å². The van der Waals surface area contributed by atoms with Gasteiger partial charge in [0.2, 0.25) is 0 Å². The summed E-state index contributed by atoms with van der Waals surface area (Å²) >= 11 is 5.76. The number of alkyl halides is 3. The molecule has 2 aromatic carbocycles. The molecule has 0 fully saturated rings. The number of hydrogen-bond donors (Lipinski definition) is 1. The monoisotopic (exact) mass is 406 g/mol. The molecule has 2 aromatic rings. The number of halogens is 4. The molecule has 0 heterocycles. The average molecular weight is 407 g/mol. The Bertz CT molecular complexity index is 944. The summed E-state index contributed by atoms with van der Waals surface area (Å²) in [6.07, 6.45) is -4.60. The highest BCUT2D eigenvalue weighted by Crippen LogP contribution is 2.34. The molecule has 0 bridgehead atoms. The molecule has 0 spiro atoms. The molecule has 0 atom stereocenters. The average Bonchev–Trinajstić information content (AvgIpc) is 2.55. The number of anilines is 1. The van der Waals surface area contributed by atoms with Crippen molar-refractivity contribution in [3.8, 4) is 0 Å². The molecule has 2 rings (SSSR count). The van der Waals surface area contributed by atoms with E-state index in [1.165, 1.54) is 43.3 Å². The van der Waals surface area contributed by atoms with Crippen LogP contribution in [0.3, 0.4) is 0 Å². The standard InChI is InChI=1S/C16H14ClF3N2O3S/c1-22(2)15(23)10-4-3-5-12(8-10)26(24,25)21-14-7-6-11(9-13(14)17)16(18,19)20/h3-9,21H,1-2H3. The summed E-state index contributed by atoms with van der Waals surface area (Å²) in [6, 6.07) is 7.54. The minimum absolute atomic E-state index is 0.149. The molecule has 0 radical (unpaired) electrons. The smallest absolute Gasteiger partial charge is 0.345 e. The second-order valence-electron chi connectivity index (χ2n) is 5.53. The number of carbonyl (C=O) groups is 1. The highest BCUT2D eigenvalue weighted by atomic mass is 35.5. The molecule has 0 aliphatic heterocycles. The zero-order chi connectivity index (χ0) is 19.7. The molecule has 0 unspecified atom stereocenters. The molecule has 0 saturated carbocycles. The van der Waals surface area contributed by atoms with E-state index >= 15 is 0 Å². The molecule has 0 aliphatic carbocycles. The second-order valence-corrected chi connectivity index (χ2v) is 7.61. The normalized spacial score (nSPS) is 11.9. The summed E-state index contributed by atoms with van der Waals surface area (Å²) in [7, 11) is -1.12. The fourth-order valence-electron chi connectivity index (χ4n) is 2.03. The number of carbonyl (C=O) groups excluding carboxylic acids is 1. The van der Waals surface area contributed by atoms with Gasteiger partial charge in [-0.15, -0.1) is 0 Å². The van der Waals surface area contributed by atoms with Crippen molar-refractivity contribution < 1.29 is 26.4 Å². The quantitative estimate of drug-likeness (QED) is 0.838. The van der Waals surface area contributed by atoms with Crippen LogP contribution in [0.25, 0.3) is 0 Å². The van der Waals surface area contributed by atoms with Crippen LogP contribution in [0.5, 0.6) is 0 Å². The van der Waals surface area contributed by atoms with Gasteiger partial charge in [0.05, 0.1) is 21.2 Å². The summed E-state index contributed by atoms with van der Waals surface area (Å²) in [5.74, 6) is -0.394. The fraction of sp³-hybridized carbons (Fsp3) is 0.188. The van der Waals surface area contributed by atoms with Crippen LogP contribution in [0.4, 0.5) is 18.9 Å². The SMILES string of the molecule is CN(C)C(=O)c1cccc(S(=O)(=O)Nc2ccc(C(F)(F)F)cc2Cl)c1. The molecule has 0 saturated heterocycles. The van der Waals surface area contributed by atoms with E-state index in [9.17, 15) is 26.4 Å². The van der Waals surface area contributed by atoms with Gasteiger partial charge in [-0.25, -0.2) is 8.42 Å². The lowest BCUT2D eigenvalue weighted by Crippen LogP contribution is -2.22. The van der Waals surface area contributed by atoms with Crippen LogP contribution in [-0.2, 0) is 16.2 Å². The molecule has 26 heavy (non-hydrogen) atoms. The van der Waals surface area contributed by atoms with Gasteiger partial charge in [0.25, 0.3) is 15.9 Å². The van der Waals surface area contributed by atoms with E-state index in [-0.39, 0.29) is 16.1 Å². The van der Waals surface area contributed by atoms with Crippen molar-refractivity contribution in [2.45, 2.75) is 11.1 Å². The first kappa shape index (κ1) is 20.1. The topological polar surface area (TPSA) is 66.5 Å². The number of nitrogens with zero attached hydrogens (tertiary/aromatic N) is 1. The number of amides is 1. The van der Waals surface area contributed by atoms with Crippen molar-refractivity contribution in [2.24, 2.45) is 0 Å². The predicted octanol–water partition coefficient (Wildman–Crippen LogP) is 3.86. The minimum Gasteiger partial charge on any atom is -0.345 e. The molecule has 1 N–H and O–H groups in total. The van der Waals surface area contributed by atoms with E-state index < -0.39 is 32.7 Å². The van der Waals surface area contributed by atoms with Crippen LogP contribution < -0.4 is 4.72 Å². The van der Waals surface area contributed by atoms with Crippen molar-refractivity contribution in [3.05, 3.63) is 58.6 Å². The summed E-state index contributed by atoms with van der Waals surface area (Å²) in [6.45, 7) is 0. The Morgan fingerprint density at radius 3 is 2.31 bits per heavy atom. The third-order valence-electron chi connectivity index (χ3n) is 3.34. The van der Waals surface area contributed by atoms with Crippen molar-refractivity contribution in [2.75, 3.05) is 18.8 Å². The first-order chi connectivity index (χ1) is 11.9. The highest BCUT2D eigenvalue weighted by molar-refractivity contribution is 7.92. The molecule has 0 aromatic heterocycles. The van der Waals surface area contributed by atoms with Crippen molar-refractivity contribution in [1.82, 2.24) is 4.90 Å². The Hall–Kier alpha value is -2.26. The largest absolute Gasteiger partial charge is 0.416 e. The molecule has 1 amide bonds. The molecule has 0 aliphatic rings. The highest BCUT2D eigenvalue weighted by Gasteiger charge is 2.31. The Morgan fingerprint density at radius 2 is 1.77 bits per heavy atom. The van der Waals surface area contributed by atoms with Gasteiger partial charge < -0.3 is 4.90 Å². The van der Waals surface area contributed by atoms with Crippen LogP contribution in [0, 0.1) is 0 Å². The molecule has 5 nitrogen and oxygen atoms in total. The number of benzene rings is 2. The van der Waals surface area contributed by atoms with Crippen molar-refractivity contribution in [3.63, 3.8) is 0 Å². The van der Waals surface area contributed by atoms with Gasteiger partial charge in [-0.05, 0) is 36.4 Å². The van der Waals surface area contributed by atoms with Crippen LogP contribution in [-0.4, -0.2) is 33.3 Å². The Kier molecular flexibility index (Phi) is 5.52.